The minimum absolute atomic E-state index is 0.200. The minimum Gasteiger partial charge on any atom is -0.444 e. The van der Waals surface area contributed by atoms with Crippen LogP contribution in [0.4, 0.5) is 15.0 Å². The minimum atomic E-state index is -0.676. The van der Waals surface area contributed by atoms with Crippen LogP contribution in [0.1, 0.15) is 61.5 Å². The van der Waals surface area contributed by atoms with Gasteiger partial charge in [-0.15, -0.1) is 0 Å². The molecule has 0 aliphatic carbocycles. The van der Waals surface area contributed by atoms with Crippen LogP contribution >= 0.6 is 0 Å². The van der Waals surface area contributed by atoms with Crippen LogP contribution in [0.5, 0.6) is 0 Å². The number of ether oxygens (including phenoxy) is 1. The molecule has 0 bridgehead atoms. The summed E-state index contributed by atoms with van der Waals surface area (Å²) in [5.74, 6) is -0.619. The molecule has 3 aromatic rings. The first kappa shape index (κ1) is 32.9. The zero-order valence-corrected chi connectivity index (χ0v) is 25.9. The Bertz CT molecular complexity index is 1560. The number of pyridine rings is 1. The lowest BCUT2D eigenvalue weighted by molar-refractivity contribution is -0.133. The van der Waals surface area contributed by atoms with Gasteiger partial charge in [0.15, 0.2) is 0 Å². The fourth-order valence-corrected chi connectivity index (χ4v) is 5.16. The van der Waals surface area contributed by atoms with Crippen molar-refractivity contribution in [1.82, 2.24) is 20.5 Å². The maximum Gasteiger partial charge on any atom is 0.408 e. The van der Waals surface area contributed by atoms with Crippen LogP contribution in [0.25, 0.3) is 11.3 Å². The van der Waals surface area contributed by atoms with Crippen LogP contribution in [-0.4, -0.2) is 65.6 Å². The number of aromatic nitrogens is 1. The zero-order valence-electron chi connectivity index (χ0n) is 25.9. The van der Waals surface area contributed by atoms with Gasteiger partial charge in [-0.25, -0.2) is 14.2 Å². The highest BCUT2D eigenvalue weighted by molar-refractivity contribution is 5.99. The number of piperidine rings is 1. The van der Waals surface area contributed by atoms with Crippen LogP contribution < -0.4 is 16.0 Å². The molecule has 3 amide bonds. The number of likely N-dealkylation sites (tertiary alicyclic amines) is 1. The first-order valence-corrected chi connectivity index (χ1v) is 15.1. The number of benzene rings is 2. The number of nitrogens with zero attached hydrogens (tertiary/aromatic N) is 3. The van der Waals surface area contributed by atoms with Crippen LogP contribution in [0.2, 0.25) is 0 Å². The van der Waals surface area contributed by atoms with Crippen molar-refractivity contribution in [1.29, 1.82) is 5.26 Å². The van der Waals surface area contributed by atoms with E-state index in [0.29, 0.717) is 54.1 Å². The van der Waals surface area contributed by atoms with Crippen molar-refractivity contribution >= 4 is 23.7 Å². The maximum atomic E-state index is 13.7. The molecule has 0 radical (unpaired) electrons. The Morgan fingerprint density at radius 3 is 2.62 bits per heavy atom. The molecule has 1 saturated heterocycles. The fraction of sp³-hybridized carbons (Fsp3) is 0.382. The molecule has 236 valence electrons. The topological polar surface area (TPSA) is 136 Å². The molecule has 2 aromatic carbocycles. The van der Waals surface area contributed by atoms with Gasteiger partial charge in [0.25, 0.3) is 5.91 Å². The van der Waals surface area contributed by atoms with E-state index in [1.165, 1.54) is 12.1 Å². The van der Waals surface area contributed by atoms with E-state index >= 15 is 0 Å². The highest BCUT2D eigenvalue weighted by Gasteiger charge is 2.28. The number of nitrogens with one attached hydrogen (secondary N) is 3. The predicted molar refractivity (Wildman–Crippen MR) is 169 cm³/mol. The second kappa shape index (κ2) is 15.1. The van der Waals surface area contributed by atoms with E-state index < -0.39 is 11.7 Å². The van der Waals surface area contributed by atoms with Gasteiger partial charge in [0, 0.05) is 31.2 Å². The van der Waals surface area contributed by atoms with E-state index in [2.05, 4.69) is 22.0 Å². The normalized spacial score (nSPS) is 14.6. The quantitative estimate of drug-likeness (QED) is 0.291. The third-order valence-electron chi connectivity index (χ3n) is 7.29. The predicted octanol–water partition coefficient (Wildman–Crippen LogP) is 5.05. The smallest absolute Gasteiger partial charge is 0.408 e. The monoisotopic (exact) mass is 614 g/mol. The summed E-state index contributed by atoms with van der Waals surface area (Å²) in [4.78, 5) is 45.0. The number of hydrogen-bond donors (Lipinski definition) is 3. The van der Waals surface area contributed by atoms with Crippen molar-refractivity contribution in [2.75, 3.05) is 31.5 Å². The number of nitriles is 1. The van der Waals surface area contributed by atoms with Crippen molar-refractivity contribution in [3.63, 3.8) is 0 Å². The third-order valence-corrected chi connectivity index (χ3v) is 7.29. The third kappa shape index (κ3) is 9.50. The first-order valence-electron chi connectivity index (χ1n) is 15.1. The lowest BCUT2D eigenvalue weighted by Gasteiger charge is -2.36. The highest BCUT2D eigenvalue weighted by Crippen LogP contribution is 2.25. The van der Waals surface area contributed by atoms with Crippen molar-refractivity contribution in [2.24, 2.45) is 0 Å². The van der Waals surface area contributed by atoms with E-state index in [1.807, 2.05) is 12.1 Å². The van der Waals surface area contributed by atoms with E-state index in [0.717, 1.165) is 18.4 Å². The molecule has 11 heteroatoms. The van der Waals surface area contributed by atoms with Gasteiger partial charge in [0.1, 0.15) is 23.8 Å². The second-order valence-corrected chi connectivity index (χ2v) is 11.9. The highest BCUT2D eigenvalue weighted by atomic mass is 19.1. The summed E-state index contributed by atoms with van der Waals surface area (Å²) in [7, 11) is 0. The molecule has 3 N–H and O–H groups in total. The number of rotatable bonds is 10. The van der Waals surface area contributed by atoms with Gasteiger partial charge in [0.05, 0.1) is 22.9 Å². The summed E-state index contributed by atoms with van der Waals surface area (Å²) in [6.07, 6.45) is 2.28. The van der Waals surface area contributed by atoms with Crippen molar-refractivity contribution in [3.05, 3.63) is 83.2 Å². The summed E-state index contributed by atoms with van der Waals surface area (Å²) < 4.78 is 18.9. The Kier molecular flexibility index (Phi) is 11.1. The van der Waals surface area contributed by atoms with Crippen LogP contribution in [-0.2, 0) is 16.0 Å². The van der Waals surface area contributed by atoms with E-state index in [9.17, 15) is 24.0 Å². The molecule has 10 nitrogen and oxygen atoms in total. The van der Waals surface area contributed by atoms with E-state index in [-0.39, 0.29) is 36.8 Å². The van der Waals surface area contributed by atoms with Crippen molar-refractivity contribution in [3.8, 4) is 17.3 Å². The summed E-state index contributed by atoms with van der Waals surface area (Å²) in [6, 6.07) is 18.7. The molecule has 1 aliphatic heterocycles. The van der Waals surface area contributed by atoms with Gasteiger partial charge in [-0.05, 0) is 82.3 Å². The second-order valence-electron chi connectivity index (χ2n) is 11.9. The molecular formula is C34H39FN6O4. The van der Waals surface area contributed by atoms with Crippen LogP contribution in [0, 0.1) is 17.1 Å². The first-order chi connectivity index (χ1) is 21.5. The van der Waals surface area contributed by atoms with Gasteiger partial charge in [-0.1, -0.05) is 30.3 Å². The molecular weight excluding hydrogens is 575 g/mol. The summed E-state index contributed by atoms with van der Waals surface area (Å²) >= 11 is 0. The number of carbonyl (C=O) groups is 3. The Morgan fingerprint density at radius 2 is 1.87 bits per heavy atom. The van der Waals surface area contributed by atoms with Gasteiger partial charge >= 0.3 is 6.09 Å². The summed E-state index contributed by atoms with van der Waals surface area (Å²) in [5.41, 5.74) is 2.03. The SMILES string of the molecule is CC(C)(C)OC(=O)NCC(=O)N1CCCC[C@H]1CNC(=O)c1ccc(-c2ccccc2C#N)nc1NCCc1cccc(F)c1. The summed E-state index contributed by atoms with van der Waals surface area (Å²) in [6.45, 7) is 6.17. The molecule has 1 aromatic heterocycles. The average molecular weight is 615 g/mol. The molecule has 45 heavy (non-hydrogen) atoms. The van der Waals surface area contributed by atoms with Crippen molar-refractivity contribution < 1.29 is 23.5 Å². The Labute approximate surface area is 263 Å². The Morgan fingerprint density at radius 1 is 1.07 bits per heavy atom. The number of alkyl carbamates (subject to hydrolysis) is 1. The molecule has 1 aliphatic rings. The largest absolute Gasteiger partial charge is 0.444 e. The number of carbonyl (C=O) groups excluding carboxylic acids is 3. The lowest BCUT2D eigenvalue weighted by atomic mass is 10.0. The standard InChI is InChI=1S/C34H39FN6O4/c1-34(2,3)45-33(44)39-22-30(42)41-18-7-6-12-26(41)21-38-32(43)28-14-15-29(27-13-5-4-10-24(27)20-36)40-31(28)37-17-16-23-9-8-11-25(35)19-23/h4-5,8-11,13-15,19,26H,6-7,12,16-18,21-22H2,1-3H3,(H,37,40)(H,38,43)(H,39,44)/t26-/m0/s1. The van der Waals surface area contributed by atoms with Gasteiger partial charge in [-0.2, -0.15) is 5.26 Å². The fourth-order valence-electron chi connectivity index (χ4n) is 5.16. The van der Waals surface area contributed by atoms with Crippen LogP contribution in [0.15, 0.2) is 60.7 Å². The number of amides is 3. The zero-order chi connectivity index (χ0) is 32.4. The van der Waals surface area contributed by atoms with Gasteiger partial charge in [0.2, 0.25) is 5.91 Å². The van der Waals surface area contributed by atoms with E-state index in [4.69, 9.17) is 9.72 Å². The molecule has 1 fully saturated rings. The molecule has 0 saturated carbocycles. The van der Waals surface area contributed by atoms with Gasteiger partial charge < -0.3 is 25.6 Å². The number of hydrogen-bond acceptors (Lipinski definition) is 7. The molecule has 4 rings (SSSR count). The summed E-state index contributed by atoms with van der Waals surface area (Å²) in [5, 5.41) is 18.3. The lowest BCUT2D eigenvalue weighted by Crippen LogP contribution is -2.52. The molecule has 0 spiro atoms. The molecule has 0 unspecified atom stereocenters. The Balaban J connectivity index is 1.47. The van der Waals surface area contributed by atoms with Crippen LogP contribution in [0.3, 0.4) is 0 Å². The maximum absolute atomic E-state index is 13.7. The van der Waals surface area contributed by atoms with Gasteiger partial charge in [-0.3, -0.25) is 9.59 Å². The van der Waals surface area contributed by atoms with E-state index in [1.54, 1.807) is 62.1 Å². The number of anilines is 1. The average Bonchev–Trinajstić information content (AvgIpc) is 3.02. The molecule has 2 heterocycles. The van der Waals surface area contributed by atoms with Crippen molar-refractivity contribution in [2.45, 2.75) is 58.1 Å². The number of halogens is 1. The Hall–Kier alpha value is -4.98. The molecule has 1 atom stereocenters.